The molecule has 1 aliphatic rings. The van der Waals surface area contributed by atoms with Gasteiger partial charge in [-0.2, -0.15) is 0 Å². The number of nitrogens with one attached hydrogen (secondary N) is 1. The molecule has 18 heavy (non-hydrogen) atoms. The van der Waals surface area contributed by atoms with Gasteiger partial charge in [0.15, 0.2) is 0 Å². The predicted octanol–water partition coefficient (Wildman–Crippen LogP) is 2.05. The second kappa shape index (κ2) is 5.83. The number of benzene rings is 1. The van der Waals surface area contributed by atoms with Gasteiger partial charge in [-0.25, -0.2) is 0 Å². The van der Waals surface area contributed by atoms with Crippen molar-refractivity contribution in [3.05, 3.63) is 35.4 Å². The summed E-state index contributed by atoms with van der Waals surface area (Å²) < 4.78 is 5.84. The van der Waals surface area contributed by atoms with Crippen LogP contribution in [0.5, 0.6) is 0 Å². The fourth-order valence-corrected chi connectivity index (χ4v) is 2.54. The molecule has 0 fully saturated rings. The van der Waals surface area contributed by atoms with Gasteiger partial charge in [-0.15, -0.1) is 0 Å². The van der Waals surface area contributed by atoms with E-state index in [4.69, 9.17) is 4.74 Å². The summed E-state index contributed by atoms with van der Waals surface area (Å²) in [4.78, 5) is 0. The van der Waals surface area contributed by atoms with E-state index in [1.165, 1.54) is 11.1 Å². The number of hydrogen-bond donors (Lipinski definition) is 2. The molecule has 0 saturated carbocycles. The van der Waals surface area contributed by atoms with Gasteiger partial charge in [0.1, 0.15) is 0 Å². The summed E-state index contributed by atoms with van der Waals surface area (Å²) in [6.07, 6.45) is 2.41. The number of ether oxygens (including phenoxy) is 1. The second-order valence-corrected chi connectivity index (χ2v) is 5.36. The highest BCUT2D eigenvalue weighted by Gasteiger charge is 2.29. The fraction of sp³-hybridized carbons (Fsp3) is 0.600. The highest BCUT2D eigenvalue weighted by Crippen LogP contribution is 2.34. The van der Waals surface area contributed by atoms with Gasteiger partial charge in [0, 0.05) is 6.42 Å². The van der Waals surface area contributed by atoms with Crippen molar-refractivity contribution in [2.45, 2.75) is 37.9 Å². The smallest absolute Gasteiger partial charge is 0.0855 e. The van der Waals surface area contributed by atoms with Crippen molar-refractivity contribution in [2.24, 2.45) is 0 Å². The summed E-state index contributed by atoms with van der Waals surface area (Å²) in [5.41, 5.74) is 1.92. The molecule has 0 bridgehead atoms. The summed E-state index contributed by atoms with van der Waals surface area (Å²) >= 11 is 0. The Bertz CT molecular complexity index is 390. The SMILES string of the molecule is CNCCC(C)(O)CC1OCCc2ccccc21. The largest absolute Gasteiger partial charge is 0.390 e. The first-order chi connectivity index (χ1) is 8.62. The van der Waals surface area contributed by atoms with Gasteiger partial charge in [0.05, 0.1) is 18.3 Å². The molecule has 100 valence electrons. The van der Waals surface area contributed by atoms with E-state index in [1.807, 2.05) is 20.0 Å². The Morgan fingerprint density at radius 2 is 2.22 bits per heavy atom. The van der Waals surface area contributed by atoms with Crippen molar-refractivity contribution in [3.8, 4) is 0 Å². The van der Waals surface area contributed by atoms with Crippen molar-refractivity contribution in [1.29, 1.82) is 0 Å². The zero-order valence-corrected chi connectivity index (χ0v) is 11.3. The normalized spacial score (nSPS) is 22.3. The lowest BCUT2D eigenvalue weighted by Gasteiger charge is -2.32. The van der Waals surface area contributed by atoms with Gasteiger partial charge in [-0.05, 0) is 44.5 Å². The molecule has 0 saturated heterocycles. The number of hydrogen-bond acceptors (Lipinski definition) is 3. The number of aliphatic hydroxyl groups is 1. The van der Waals surface area contributed by atoms with E-state index in [2.05, 4.69) is 23.5 Å². The van der Waals surface area contributed by atoms with Crippen LogP contribution in [-0.2, 0) is 11.2 Å². The molecule has 0 spiro atoms. The average molecular weight is 249 g/mol. The summed E-state index contributed by atoms with van der Waals surface area (Å²) in [6.45, 7) is 3.47. The van der Waals surface area contributed by atoms with Gasteiger partial charge >= 0.3 is 0 Å². The molecule has 0 radical (unpaired) electrons. The van der Waals surface area contributed by atoms with Crippen molar-refractivity contribution < 1.29 is 9.84 Å². The zero-order valence-electron chi connectivity index (χ0n) is 11.3. The second-order valence-electron chi connectivity index (χ2n) is 5.36. The van der Waals surface area contributed by atoms with E-state index < -0.39 is 5.60 Å². The molecule has 0 aromatic heterocycles. The van der Waals surface area contributed by atoms with Crippen LogP contribution in [0.4, 0.5) is 0 Å². The third-order valence-corrected chi connectivity index (χ3v) is 3.63. The Morgan fingerprint density at radius 3 is 3.00 bits per heavy atom. The molecular formula is C15H23NO2. The minimum atomic E-state index is -0.682. The first-order valence-corrected chi connectivity index (χ1v) is 6.69. The Balaban J connectivity index is 2.06. The van der Waals surface area contributed by atoms with E-state index in [0.29, 0.717) is 6.42 Å². The van der Waals surface area contributed by atoms with E-state index in [1.54, 1.807) is 0 Å². The van der Waals surface area contributed by atoms with Crippen LogP contribution in [0, 0.1) is 0 Å². The van der Waals surface area contributed by atoms with Crippen molar-refractivity contribution in [1.82, 2.24) is 5.32 Å². The van der Waals surface area contributed by atoms with Crippen molar-refractivity contribution in [3.63, 3.8) is 0 Å². The molecule has 2 N–H and O–H groups in total. The molecule has 3 nitrogen and oxygen atoms in total. The summed E-state index contributed by atoms with van der Waals surface area (Å²) in [6, 6.07) is 8.39. The Hall–Kier alpha value is -0.900. The lowest BCUT2D eigenvalue weighted by Crippen LogP contribution is -2.32. The minimum absolute atomic E-state index is 0.0295. The zero-order chi connectivity index (χ0) is 13.0. The minimum Gasteiger partial charge on any atom is -0.390 e. The lowest BCUT2D eigenvalue weighted by molar-refractivity contribution is -0.0400. The average Bonchev–Trinajstić information content (AvgIpc) is 2.37. The van der Waals surface area contributed by atoms with Crippen molar-refractivity contribution >= 4 is 0 Å². The van der Waals surface area contributed by atoms with Crippen LogP contribution in [0.1, 0.15) is 37.0 Å². The van der Waals surface area contributed by atoms with E-state index >= 15 is 0 Å². The first-order valence-electron chi connectivity index (χ1n) is 6.69. The molecule has 1 heterocycles. The predicted molar refractivity (Wildman–Crippen MR) is 72.6 cm³/mol. The van der Waals surface area contributed by atoms with Crippen LogP contribution in [0.3, 0.4) is 0 Å². The molecule has 2 unspecified atom stereocenters. The van der Waals surface area contributed by atoms with E-state index in [0.717, 1.165) is 26.0 Å². The molecule has 2 rings (SSSR count). The maximum atomic E-state index is 10.4. The molecule has 0 aliphatic carbocycles. The summed E-state index contributed by atoms with van der Waals surface area (Å²) in [5.74, 6) is 0. The van der Waals surface area contributed by atoms with Gasteiger partial charge in [-0.3, -0.25) is 0 Å². The topological polar surface area (TPSA) is 41.5 Å². The fourth-order valence-electron chi connectivity index (χ4n) is 2.54. The third kappa shape index (κ3) is 3.31. The van der Waals surface area contributed by atoms with Gasteiger partial charge in [0.25, 0.3) is 0 Å². The van der Waals surface area contributed by atoms with E-state index in [-0.39, 0.29) is 6.10 Å². The Morgan fingerprint density at radius 1 is 1.44 bits per heavy atom. The molecule has 3 heteroatoms. The highest BCUT2D eigenvalue weighted by molar-refractivity contribution is 5.31. The van der Waals surface area contributed by atoms with Crippen LogP contribution < -0.4 is 5.32 Å². The molecule has 0 amide bonds. The van der Waals surface area contributed by atoms with Crippen LogP contribution in [0.2, 0.25) is 0 Å². The maximum absolute atomic E-state index is 10.4. The van der Waals surface area contributed by atoms with Crippen LogP contribution in [0.15, 0.2) is 24.3 Å². The first kappa shape index (κ1) is 13.5. The quantitative estimate of drug-likeness (QED) is 0.839. The van der Waals surface area contributed by atoms with Crippen LogP contribution in [-0.4, -0.2) is 30.9 Å². The maximum Gasteiger partial charge on any atom is 0.0855 e. The standard InChI is InChI=1S/C15H23NO2/c1-15(17,8-9-16-2)11-14-13-6-4-3-5-12(13)7-10-18-14/h3-6,14,16-17H,7-11H2,1-2H3. The number of fused-ring (bicyclic) bond motifs is 1. The summed E-state index contributed by atoms with van der Waals surface area (Å²) in [7, 11) is 1.91. The van der Waals surface area contributed by atoms with Crippen molar-refractivity contribution in [2.75, 3.05) is 20.2 Å². The molecule has 1 aromatic rings. The third-order valence-electron chi connectivity index (χ3n) is 3.63. The monoisotopic (exact) mass is 249 g/mol. The molecule has 1 aromatic carbocycles. The number of rotatable bonds is 5. The van der Waals surface area contributed by atoms with Gasteiger partial charge in [0.2, 0.25) is 0 Å². The highest BCUT2D eigenvalue weighted by atomic mass is 16.5. The van der Waals surface area contributed by atoms with Crippen LogP contribution in [0.25, 0.3) is 0 Å². The molecular weight excluding hydrogens is 226 g/mol. The Labute approximate surface area is 109 Å². The molecule has 1 aliphatic heterocycles. The molecule has 2 atom stereocenters. The van der Waals surface area contributed by atoms with Crippen LogP contribution >= 0.6 is 0 Å². The van der Waals surface area contributed by atoms with E-state index in [9.17, 15) is 5.11 Å². The Kier molecular flexibility index (Phi) is 4.38. The van der Waals surface area contributed by atoms with Gasteiger partial charge < -0.3 is 15.2 Å². The summed E-state index contributed by atoms with van der Waals surface area (Å²) in [5, 5.41) is 13.5. The lowest BCUT2D eigenvalue weighted by atomic mass is 9.88. The van der Waals surface area contributed by atoms with Gasteiger partial charge in [-0.1, -0.05) is 24.3 Å².